The Morgan fingerprint density at radius 2 is 1.73 bits per heavy atom. The molecule has 2 heterocycles. The van der Waals surface area contributed by atoms with Crippen LogP contribution in [0.1, 0.15) is 19.5 Å². The fraction of sp³-hybridized carbons (Fsp3) is 0.474. The molecule has 1 fully saturated rings. The van der Waals surface area contributed by atoms with Crippen LogP contribution >= 0.6 is 0 Å². The maximum atomic E-state index is 13.6. The van der Waals surface area contributed by atoms with E-state index in [-0.39, 0.29) is 44.1 Å². The SMILES string of the molecule is CCOC(=O)[C@H](C)NC(=O)N1CCN(c2nc3ccccc3nc2C(F)(F)F)CC1. The van der Waals surface area contributed by atoms with Crippen LogP contribution in [0, 0.1) is 0 Å². The molecule has 1 aliphatic rings. The van der Waals surface area contributed by atoms with Crippen LogP contribution in [-0.4, -0.2) is 65.7 Å². The zero-order valence-electron chi connectivity index (χ0n) is 16.6. The number of fused-ring (bicyclic) bond motifs is 1. The van der Waals surface area contributed by atoms with Crippen LogP contribution in [-0.2, 0) is 15.7 Å². The van der Waals surface area contributed by atoms with Gasteiger partial charge in [0.2, 0.25) is 0 Å². The van der Waals surface area contributed by atoms with E-state index in [1.54, 1.807) is 25.1 Å². The monoisotopic (exact) mass is 425 g/mol. The number of piperazine rings is 1. The second kappa shape index (κ2) is 8.72. The summed E-state index contributed by atoms with van der Waals surface area (Å²) in [6.07, 6.45) is -4.66. The summed E-state index contributed by atoms with van der Waals surface area (Å²) in [5, 5.41) is 2.53. The average molecular weight is 425 g/mol. The van der Waals surface area contributed by atoms with Crippen LogP contribution in [0.2, 0.25) is 0 Å². The number of aromatic nitrogens is 2. The zero-order valence-corrected chi connectivity index (χ0v) is 16.6. The smallest absolute Gasteiger partial charge is 0.437 e. The van der Waals surface area contributed by atoms with Gasteiger partial charge in [0.1, 0.15) is 6.04 Å². The third-order valence-electron chi connectivity index (χ3n) is 4.67. The summed E-state index contributed by atoms with van der Waals surface area (Å²) in [6.45, 7) is 4.02. The number of benzene rings is 1. The van der Waals surface area contributed by atoms with Crippen molar-refractivity contribution in [2.75, 3.05) is 37.7 Å². The van der Waals surface area contributed by atoms with Gasteiger partial charge in [0.05, 0.1) is 17.6 Å². The molecule has 1 saturated heterocycles. The number of carbonyl (C=O) groups excluding carboxylic acids is 2. The minimum absolute atomic E-state index is 0.150. The first-order valence-corrected chi connectivity index (χ1v) is 9.51. The Kier molecular flexibility index (Phi) is 6.28. The van der Waals surface area contributed by atoms with Crippen LogP contribution in [0.4, 0.5) is 23.8 Å². The number of hydrogen-bond acceptors (Lipinski definition) is 6. The maximum absolute atomic E-state index is 13.6. The van der Waals surface area contributed by atoms with E-state index in [4.69, 9.17) is 4.74 Å². The van der Waals surface area contributed by atoms with Crippen LogP contribution in [0.15, 0.2) is 24.3 Å². The summed E-state index contributed by atoms with van der Waals surface area (Å²) in [5.41, 5.74) is -0.515. The van der Waals surface area contributed by atoms with Crippen molar-refractivity contribution in [3.63, 3.8) is 0 Å². The van der Waals surface area contributed by atoms with Crippen molar-refractivity contribution >= 4 is 28.9 Å². The fourth-order valence-corrected chi connectivity index (χ4v) is 3.13. The molecule has 0 spiro atoms. The van der Waals surface area contributed by atoms with Gasteiger partial charge in [0.15, 0.2) is 11.5 Å². The first kappa shape index (κ1) is 21.6. The number of hydrogen-bond donors (Lipinski definition) is 1. The highest BCUT2D eigenvalue weighted by molar-refractivity contribution is 5.83. The molecule has 1 aromatic carbocycles. The number of amides is 2. The predicted octanol–water partition coefficient (Wildman–Crippen LogP) is 2.43. The molecule has 1 aliphatic heterocycles. The summed E-state index contributed by atoms with van der Waals surface area (Å²) in [6, 6.07) is 5.07. The minimum atomic E-state index is -4.66. The summed E-state index contributed by atoms with van der Waals surface area (Å²) < 4.78 is 45.6. The van der Waals surface area contributed by atoms with Gasteiger partial charge in [-0.3, -0.25) is 0 Å². The molecule has 0 bridgehead atoms. The van der Waals surface area contributed by atoms with Crippen LogP contribution in [0.25, 0.3) is 11.0 Å². The lowest BCUT2D eigenvalue weighted by atomic mass is 10.2. The average Bonchev–Trinajstić information content (AvgIpc) is 2.72. The summed E-state index contributed by atoms with van der Waals surface area (Å²) in [5.74, 6) is -0.799. The highest BCUT2D eigenvalue weighted by Crippen LogP contribution is 2.35. The van der Waals surface area contributed by atoms with Crippen molar-refractivity contribution in [3.05, 3.63) is 30.0 Å². The number of alkyl halides is 3. The third kappa shape index (κ3) is 4.71. The molecule has 2 amide bonds. The number of para-hydroxylation sites is 2. The van der Waals surface area contributed by atoms with Gasteiger partial charge in [-0.25, -0.2) is 19.6 Å². The zero-order chi connectivity index (χ0) is 21.9. The van der Waals surface area contributed by atoms with Crippen molar-refractivity contribution in [3.8, 4) is 0 Å². The molecule has 162 valence electrons. The Bertz CT molecular complexity index is 929. The minimum Gasteiger partial charge on any atom is -0.464 e. The van der Waals surface area contributed by atoms with E-state index in [9.17, 15) is 22.8 Å². The van der Waals surface area contributed by atoms with Gasteiger partial charge in [-0.2, -0.15) is 13.2 Å². The number of esters is 1. The second-order valence-electron chi connectivity index (χ2n) is 6.78. The fourth-order valence-electron chi connectivity index (χ4n) is 3.13. The molecule has 11 heteroatoms. The van der Waals surface area contributed by atoms with Crippen LogP contribution in [0.3, 0.4) is 0 Å². The van der Waals surface area contributed by atoms with Gasteiger partial charge in [-0.1, -0.05) is 12.1 Å². The van der Waals surface area contributed by atoms with E-state index in [0.717, 1.165) is 0 Å². The summed E-state index contributed by atoms with van der Waals surface area (Å²) in [7, 11) is 0. The molecule has 2 aromatic rings. The normalized spacial score (nSPS) is 15.8. The molecule has 0 aliphatic carbocycles. The lowest BCUT2D eigenvalue weighted by Crippen LogP contribution is -2.54. The van der Waals surface area contributed by atoms with Gasteiger partial charge >= 0.3 is 18.2 Å². The molecule has 1 atom stereocenters. The Hall–Kier alpha value is -3.11. The Morgan fingerprint density at radius 3 is 2.30 bits per heavy atom. The second-order valence-corrected chi connectivity index (χ2v) is 6.78. The molecule has 1 aromatic heterocycles. The van der Waals surface area contributed by atoms with Crippen molar-refractivity contribution in [1.29, 1.82) is 0 Å². The largest absolute Gasteiger partial charge is 0.464 e. The van der Waals surface area contributed by atoms with Crippen molar-refractivity contribution in [2.45, 2.75) is 26.1 Å². The van der Waals surface area contributed by atoms with E-state index in [2.05, 4.69) is 15.3 Å². The van der Waals surface area contributed by atoms with Gasteiger partial charge in [0.25, 0.3) is 0 Å². The van der Waals surface area contributed by atoms with Crippen LogP contribution < -0.4 is 10.2 Å². The molecule has 0 radical (unpaired) electrons. The van der Waals surface area contributed by atoms with Gasteiger partial charge < -0.3 is 19.9 Å². The van der Waals surface area contributed by atoms with E-state index in [0.29, 0.717) is 5.52 Å². The number of halogens is 3. The van der Waals surface area contributed by atoms with E-state index >= 15 is 0 Å². The van der Waals surface area contributed by atoms with E-state index in [1.807, 2.05) is 0 Å². The van der Waals surface area contributed by atoms with E-state index in [1.165, 1.54) is 22.8 Å². The number of nitrogens with one attached hydrogen (secondary N) is 1. The first-order valence-electron chi connectivity index (χ1n) is 9.51. The molecule has 0 saturated carbocycles. The Balaban J connectivity index is 1.72. The van der Waals surface area contributed by atoms with Gasteiger partial charge in [-0.05, 0) is 26.0 Å². The van der Waals surface area contributed by atoms with Gasteiger partial charge in [0, 0.05) is 26.2 Å². The highest BCUT2D eigenvalue weighted by atomic mass is 19.4. The predicted molar refractivity (Wildman–Crippen MR) is 103 cm³/mol. The third-order valence-corrected chi connectivity index (χ3v) is 4.67. The number of urea groups is 1. The molecule has 8 nitrogen and oxygen atoms in total. The summed E-state index contributed by atoms with van der Waals surface area (Å²) in [4.78, 5) is 34.9. The molecule has 0 unspecified atom stereocenters. The number of rotatable bonds is 4. The maximum Gasteiger partial charge on any atom is 0.437 e. The molecule has 3 rings (SSSR count). The highest BCUT2D eigenvalue weighted by Gasteiger charge is 2.39. The first-order chi connectivity index (χ1) is 14.2. The molecule has 30 heavy (non-hydrogen) atoms. The standard InChI is InChI=1S/C19H22F3N5O3/c1-3-30-17(28)12(2)23-18(29)27-10-8-26(9-11-27)16-15(19(20,21)22)24-13-6-4-5-7-14(13)25-16/h4-7,12H,3,8-11H2,1-2H3,(H,23,29)/t12-/m0/s1. The number of nitrogens with zero attached hydrogens (tertiary/aromatic N) is 4. The van der Waals surface area contributed by atoms with Gasteiger partial charge in [-0.15, -0.1) is 0 Å². The van der Waals surface area contributed by atoms with Crippen LogP contribution in [0.5, 0.6) is 0 Å². The van der Waals surface area contributed by atoms with E-state index < -0.39 is 29.9 Å². The lowest BCUT2D eigenvalue weighted by Gasteiger charge is -2.36. The van der Waals surface area contributed by atoms with Crippen molar-refractivity contribution in [2.24, 2.45) is 0 Å². The van der Waals surface area contributed by atoms with Crippen molar-refractivity contribution < 1.29 is 27.5 Å². The number of carbonyl (C=O) groups is 2. The molecular weight excluding hydrogens is 403 g/mol. The molecule has 1 N–H and O–H groups in total. The Labute approximate surface area is 171 Å². The van der Waals surface area contributed by atoms with Crippen molar-refractivity contribution in [1.82, 2.24) is 20.2 Å². The Morgan fingerprint density at radius 1 is 1.13 bits per heavy atom. The molecular formula is C19H22F3N5O3. The topological polar surface area (TPSA) is 87.7 Å². The quantitative estimate of drug-likeness (QED) is 0.758. The number of ether oxygens (including phenoxy) is 1. The summed E-state index contributed by atoms with van der Waals surface area (Å²) >= 11 is 0. The number of anilines is 1. The lowest BCUT2D eigenvalue weighted by molar-refractivity contribution is -0.145.